The van der Waals surface area contributed by atoms with Crippen molar-refractivity contribution < 1.29 is 0 Å². The molecule has 1 aliphatic rings. The van der Waals surface area contributed by atoms with Crippen LogP contribution in [0.25, 0.3) is 6.20 Å². The Morgan fingerprint density at radius 3 is 3.38 bits per heavy atom. The number of hydrogen-bond donors (Lipinski definition) is 0. The lowest BCUT2D eigenvalue weighted by molar-refractivity contribution is 1.05. The summed E-state index contributed by atoms with van der Waals surface area (Å²) < 4.78 is 1.86. The number of fused-ring (bicyclic) bond motifs is 1. The van der Waals surface area contributed by atoms with Gasteiger partial charge in [0.2, 0.25) is 5.95 Å². The Morgan fingerprint density at radius 2 is 2.50 bits per heavy atom. The van der Waals surface area contributed by atoms with E-state index in [9.17, 15) is 0 Å². The van der Waals surface area contributed by atoms with Crippen LogP contribution in [0.3, 0.4) is 0 Å². The average molecular weight is 106 g/mol. The van der Waals surface area contributed by atoms with Gasteiger partial charge in [0.1, 0.15) is 0 Å². The molecule has 0 saturated carbocycles. The van der Waals surface area contributed by atoms with Crippen molar-refractivity contribution in [2.75, 3.05) is 0 Å². The molecule has 2 heterocycles. The zero-order chi connectivity index (χ0) is 5.40. The Balaban J connectivity index is 2.67. The predicted octanol–water partition coefficient (Wildman–Crippen LogP) is 0.561. The average Bonchev–Trinajstić information content (AvgIpc) is 2.15. The Morgan fingerprint density at radius 1 is 1.50 bits per heavy atom. The van der Waals surface area contributed by atoms with Crippen molar-refractivity contribution in [2.24, 2.45) is 0 Å². The topological polar surface area (TPSA) is 31.9 Å². The first kappa shape index (κ1) is 3.72. The van der Waals surface area contributed by atoms with Gasteiger partial charge in [-0.1, -0.05) is 0 Å². The molecule has 0 unspecified atom stereocenters. The van der Waals surface area contributed by atoms with E-state index in [0.29, 0.717) is 0 Å². The van der Waals surface area contributed by atoms with Crippen LogP contribution in [0.5, 0.6) is 0 Å². The standard InChI is InChI=1S/C5H4N3/c1-3-8-4-2-7-5(8)6-1/h1-4H. The number of hydrogen-bond acceptors (Lipinski definition) is 1. The van der Waals surface area contributed by atoms with E-state index in [4.69, 9.17) is 0 Å². The van der Waals surface area contributed by atoms with Crippen molar-refractivity contribution in [1.82, 2.24) is 14.9 Å². The molecule has 1 aromatic heterocycles. The molecule has 0 saturated heterocycles. The molecule has 0 bridgehead atoms. The monoisotopic (exact) mass is 106 g/mol. The molecular weight excluding hydrogens is 102 g/mol. The summed E-state index contributed by atoms with van der Waals surface area (Å²) in [4.78, 5) is 3.93. The maximum atomic E-state index is 3.93. The van der Waals surface area contributed by atoms with Crippen LogP contribution in [0.15, 0.2) is 18.6 Å². The summed E-state index contributed by atoms with van der Waals surface area (Å²) in [5, 5.41) is 3.93. The van der Waals surface area contributed by atoms with Crippen LogP contribution in [0.2, 0.25) is 0 Å². The second-order valence-electron chi connectivity index (χ2n) is 1.56. The number of nitrogens with zero attached hydrogens (tertiary/aromatic N) is 3. The summed E-state index contributed by atoms with van der Waals surface area (Å²) in [6, 6.07) is 0. The number of rotatable bonds is 0. The molecule has 1 radical (unpaired) electrons. The summed E-state index contributed by atoms with van der Waals surface area (Å²) in [5.41, 5.74) is 0. The highest BCUT2D eigenvalue weighted by atomic mass is 15.2. The van der Waals surface area contributed by atoms with Gasteiger partial charge in [0.25, 0.3) is 0 Å². The highest BCUT2D eigenvalue weighted by molar-refractivity contribution is 5.40. The Kier molecular flexibility index (Phi) is 0.521. The van der Waals surface area contributed by atoms with Crippen molar-refractivity contribution in [3.05, 3.63) is 18.6 Å². The molecule has 1 aromatic rings. The highest BCUT2D eigenvalue weighted by Crippen LogP contribution is 2.09. The molecule has 0 atom stereocenters. The maximum absolute atomic E-state index is 3.93. The molecule has 0 spiro atoms. The van der Waals surface area contributed by atoms with E-state index in [2.05, 4.69) is 10.3 Å². The van der Waals surface area contributed by atoms with E-state index in [1.807, 2.05) is 17.0 Å². The van der Waals surface area contributed by atoms with Crippen LogP contribution < -0.4 is 5.32 Å². The van der Waals surface area contributed by atoms with Gasteiger partial charge in [-0.3, -0.25) is 4.57 Å². The van der Waals surface area contributed by atoms with Gasteiger partial charge in [0.15, 0.2) is 0 Å². The lowest BCUT2D eigenvalue weighted by Crippen LogP contribution is -1.83. The van der Waals surface area contributed by atoms with Gasteiger partial charge in [-0.25, -0.2) is 10.3 Å². The Hall–Kier alpha value is -1.25. The van der Waals surface area contributed by atoms with Gasteiger partial charge >= 0.3 is 0 Å². The fraction of sp³-hybridized carbons (Fsp3) is 0. The minimum Gasteiger partial charge on any atom is -0.290 e. The van der Waals surface area contributed by atoms with E-state index < -0.39 is 0 Å². The summed E-state index contributed by atoms with van der Waals surface area (Å²) in [6.07, 6.45) is 7.18. The van der Waals surface area contributed by atoms with Gasteiger partial charge in [-0.2, -0.15) is 0 Å². The predicted molar refractivity (Wildman–Crippen MR) is 29.4 cm³/mol. The third-order valence-electron chi connectivity index (χ3n) is 1.07. The first-order valence-corrected chi connectivity index (χ1v) is 2.37. The van der Waals surface area contributed by atoms with E-state index in [1.54, 1.807) is 12.4 Å². The molecule has 8 heavy (non-hydrogen) atoms. The van der Waals surface area contributed by atoms with Gasteiger partial charge in [-0.15, -0.1) is 0 Å². The molecule has 3 heteroatoms. The summed E-state index contributed by atoms with van der Waals surface area (Å²) in [5.74, 6) is 0.769. The summed E-state index contributed by atoms with van der Waals surface area (Å²) >= 11 is 0. The van der Waals surface area contributed by atoms with E-state index >= 15 is 0 Å². The molecule has 0 aliphatic carbocycles. The lowest BCUT2D eigenvalue weighted by Gasteiger charge is -1.84. The van der Waals surface area contributed by atoms with Crippen LogP contribution in [-0.4, -0.2) is 9.55 Å². The number of imidazole rings is 1. The van der Waals surface area contributed by atoms with Crippen LogP contribution in [0.1, 0.15) is 0 Å². The highest BCUT2D eigenvalue weighted by Gasteiger charge is 2.02. The molecule has 1 aliphatic heterocycles. The van der Waals surface area contributed by atoms with Gasteiger partial charge in [0, 0.05) is 24.8 Å². The van der Waals surface area contributed by atoms with Crippen LogP contribution in [0, 0.1) is 0 Å². The second-order valence-corrected chi connectivity index (χ2v) is 1.56. The van der Waals surface area contributed by atoms with Crippen LogP contribution in [0.4, 0.5) is 5.95 Å². The zero-order valence-electron chi connectivity index (χ0n) is 4.15. The Bertz CT molecular complexity index is 223. The first-order valence-electron chi connectivity index (χ1n) is 2.37. The van der Waals surface area contributed by atoms with Gasteiger partial charge in [-0.05, 0) is 0 Å². The quantitative estimate of drug-likeness (QED) is 0.475. The summed E-state index contributed by atoms with van der Waals surface area (Å²) in [7, 11) is 0. The molecule has 0 fully saturated rings. The molecule has 0 aromatic carbocycles. The number of aromatic nitrogens is 2. The van der Waals surface area contributed by atoms with Crippen molar-refractivity contribution in [2.45, 2.75) is 0 Å². The largest absolute Gasteiger partial charge is 0.290 e. The third kappa shape index (κ3) is 0.307. The zero-order valence-corrected chi connectivity index (χ0v) is 4.15. The molecule has 3 nitrogen and oxygen atoms in total. The van der Waals surface area contributed by atoms with E-state index in [0.717, 1.165) is 5.95 Å². The van der Waals surface area contributed by atoms with Crippen LogP contribution >= 0.6 is 0 Å². The summed E-state index contributed by atoms with van der Waals surface area (Å²) in [6.45, 7) is 0. The minimum absolute atomic E-state index is 0.769. The lowest BCUT2D eigenvalue weighted by atomic mass is 10.8. The molecule has 0 N–H and O–H groups in total. The van der Waals surface area contributed by atoms with E-state index in [1.165, 1.54) is 0 Å². The van der Waals surface area contributed by atoms with Crippen molar-refractivity contribution in [1.29, 1.82) is 0 Å². The fourth-order valence-corrected chi connectivity index (χ4v) is 0.693. The van der Waals surface area contributed by atoms with Gasteiger partial charge in [0.05, 0.1) is 0 Å². The second kappa shape index (κ2) is 1.12. The van der Waals surface area contributed by atoms with E-state index in [-0.39, 0.29) is 0 Å². The van der Waals surface area contributed by atoms with Crippen molar-refractivity contribution >= 4 is 12.1 Å². The maximum Gasteiger partial charge on any atom is 0.233 e. The van der Waals surface area contributed by atoms with Crippen molar-refractivity contribution in [3.8, 4) is 0 Å². The smallest absolute Gasteiger partial charge is 0.233 e. The normalized spacial score (nSPS) is 13.5. The molecule has 2 rings (SSSR count). The third-order valence-corrected chi connectivity index (χ3v) is 1.07. The minimum atomic E-state index is 0.769. The Labute approximate surface area is 46.7 Å². The SMILES string of the molecule is C1=Cn2ccnc2[N]1. The fourth-order valence-electron chi connectivity index (χ4n) is 0.693. The van der Waals surface area contributed by atoms with Crippen molar-refractivity contribution in [3.63, 3.8) is 0 Å². The van der Waals surface area contributed by atoms with Crippen LogP contribution in [-0.2, 0) is 0 Å². The van der Waals surface area contributed by atoms with Gasteiger partial charge < -0.3 is 0 Å². The molecular formula is C5H4N3. The molecule has 0 amide bonds. The molecule has 39 valence electrons. The first-order chi connectivity index (χ1) is 3.97.